The Bertz CT molecular complexity index is 1230. The number of carbonyl (C=O) groups is 1. The molecule has 0 N–H and O–H groups in total. The Hall–Kier alpha value is -3.41. The van der Waals surface area contributed by atoms with Crippen LogP contribution in [-0.2, 0) is 16.6 Å². The molecule has 0 spiro atoms. The average Bonchev–Trinajstić information content (AvgIpc) is 3.46. The lowest BCUT2D eigenvalue weighted by atomic mass is 9.86. The predicted octanol–water partition coefficient (Wildman–Crippen LogP) is 5.52. The number of carbonyl (C=O) groups excluding carboxylic acids is 1. The Labute approximate surface area is 184 Å². The number of hydrogen-bond acceptors (Lipinski definition) is 4. The van der Waals surface area contributed by atoms with Crippen molar-refractivity contribution in [3.8, 4) is 28.4 Å². The van der Waals surface area contributed by atoms with Crippen LogP contribution in [0.4, 0.5) is 8.78 Å². The SMILES string of the molecule is COc1ccc(-c2cc(CC(=O)C3(c4ccc5c(c4)OCO5)CC3)c(F)cc2C)cc1F. The summed E-state index contributed by atoms with van der Waals surface area (Å²) in [6.45, 7) is 1.93. The van der Waals surface area contributed by atoms with Gasteiger partial charge in [-0.25, -0.2) is 8.78 Å². The molecule has 0 unspecified atom stereocenters. The highest BCUT2D eigenvalue weighted by Crippen LogP contribution is 2.51. The fourth-order valence-electron chi connectivity index (χ4n) is 4.39. The van der Waals surface area contributed by atoms with Crippen LogP contribution in [0.2, 0.25) is 0 Å². The summed E-state index contributed by atoms with van der Waals surface area (Å²) in [6.07, 6.45) is 1.40. The van der Waals surface area contributed by atoms with Crippen molar-refractivity contribution in [3.05, 3.63) is 76.9 Å². The minimum atomic E-state index is -0.620. The molecule has 4 nitrogen and oxygen atoms in total. The molecule has 164 valence electrons. The van der Waals surface area contributed by atoms with Crippen LogP contribution in [0.3, 0.4) is 0 Å². The molecule has 32 heavy (non-hydrogen) atoms. The number of ether oxygens (including phenoxy) is 3. The lowest BCUT2D eigenvalue weighted by Gasteiger charge is -2.17. The maximum absolute atomic E-state index is 14.8. The van der Waals surface area contributed by atoms with Crippen LogP contribution in [0, 0.1) is 18.6 Å². The summed E-state index contributed by atoms with van der Waals surface area (Å²) < 4.78 is 44.8. The third-order valence-corrected chi connectivity index (χ3v) is 6.42. The zero-order valence-corrected chi connectivity index (χ0v) is 17.8. The first kappa shape index (κ1) is 20.5. The average molecular weight is 436 g/mol. The fraction of sp³-hybridized carbons (Fsp3) is 0.269. The molecule has 1 fully saturated rings. The van der Waals surface area contributed by atoms with E-state index in [1.54, 1.807) is 19.1 Å². The van der Waals surface area contributed by atoms with E-state index in [9.17, 15) is 13.6 Å². The van der Waals surface area contributed by atoms with Crippen molar-refractivity contribution < 1.29 is 27.8 Å². The van der Waals surface area contributed by atoms with E-state index in [1.807, 2.05) is 18.2 Å². The number of Topliss-reactive ketones (excluding diaryl/α,β-unsaturated/α-hetero) is 1. The van der Waals surface area contributed by atoms with E-state index in [2.05, 4.69) is 0 Å². The van der Waals surface area contributed by atoms with Gasteiger partial charge in [-0.1, -0.05) is 12.1 Å². The maximum atomic E-state index is 14.8. The molecule has 5 rings (SSSR count). The molecule has 3 aromatic carbocycles. The Kier molecular flexibility index (Phi) is 4.88. The van der Waals surface area contributed by atoms with Crippen molar-refractivity contribution in [1.29, 1.82) is 0 Å². The molecule has 1 saturated carbocycles. The van der Waals surface area contributed by atoms with E-state index in [4.69, 9.17) is 14.2 Å². The number of rotatable bonds is 6. The summed E-state index contributed by atoms with van der Waals surface area (Å²) in [5.74, 6) is 0.473. The topological polar surface area (TPSA) is 44.8 Å². The van der Waals surface area contributed by atoms with Gasteiger partial charge in [-0.3, -0.25) is 4.79 Å². The van der Waals surface area contributed by atoms with Gasteiger partial charge in [0.2, 0.25) is 6.79 Å². The number of aryl methyl sites for hydroxylation is 1. The first-order valence-corrected chi connectivity index (χ1v) is 10.5. The van der Waals surface area contributed by atoms with E-state index in [0.717, 1.165) is 18.4 Å². The number of ketones is 1. The fourth-order valence-corrected chi connectivity index (χ4v) is 4.39. The molecule has 0 bridgehead atoms. The molecule has 0 atom stereocenters. The van der Waals surface area contributed by atoms with Gasteiger partial charge in [-0.05, 0) is 84.0 Å². The van der Waals surface area contributed by atoms with Gasteiger partial charge >= 0.3 is 0 Å². The van der Waals surface area contributed by atoms with Crippen LogP contribution in [0.25, 0.3) is 11.1 Å². The molecule has 0 radical (unpaired) electrons. The van der Waals surface area contributed by atoms with Gasteiger partial charge in [0.1, 0.15) is 11.6 Å². The van der Waals surface area contributed by atoms with E-state index in [0.29, 0.717) is 33.8 Å². The Morgan fingerprint density at radius 2 is 1.78 bits per heavy atom. The summed E-state index contributed by atoms with van der Waals surface area (Å²) >= 11 is 0. The monoisotopic (exact) mass is 436 g/mol. The van der Waals surface area contributed by atoms with Crippen molar-refractivity contribution in [2.45, 2.75) is 31.6 Å². The zero-order valence-electron chi connectivity index (χ0n) is 17.8. The molecule has 3 aromatic rings. The normalized spacial score (nSPS) is 15.5. The van der Waals surface area contributed by atoms with E-state index < -0.39 is 17.0 Å². The molecule has 6 heteroatoms. The Morgan fingerprint density at radius 3 is 2.50 bits per heavy atom. The lowest BCUT2D eigenvalue weighted by molar-refractivity contribution is -0.120. The molecular formula is C26H22F2O4. The van der Waals surface area contributed by atoms with E-state index >= 15 is 0 Å². The van der Waals surface area contributed by atoms with Crippen molar-refractivity contribution >= 4 is 5.78 Å². The molecule has 2 aliphatic rings. The highest BCUT2D eigenvalue weighted by molar-refractivity contribution is 5.95. The summed E-state index contributed by atoms with van der Waals surface area (Å²) in [5, 5.41) is 0. The molecule has 1 aliphatic heterocycles. The van der Waals surface area contributed by atoms with Crippen molar-refractivity contribution in [3.63, 3.8) is 0 Å². The second-order valence-corrected chi connectivity index (χ2v) is 8.36. The third-order valence-electron chi connectivity index (χ3n) is 6.42. The molecule has 1 heterocycles. The minimum Gasteiger partial charge on any atom is -0.494 e. The van der Waals surface area contributed by atoms with Gasteiger partial charge in [0, 0.05) is 6.42 Å². The molecule has 0 aromatic heterocycles. The number of benzene rings is 3. The maximum Gasteiger partial charge on any atom is 0.231 e. The van der Waals surface area contributed by atoms with Crippen LogP contribution in [0.15, 0.2) is 48.5 Å². The first-order chi connectivity index (χ1) is 15.4. The Balaban J connectivity index is 1.45. The largest absolute Gasteiger partial charge is 0.494 e. The second-order valence-electron chi connectivity index (χ2n) is 8.36. The number of hydrogen-bond donors (Lipinski definition) is 0. The van der Waals surface area contributed by atoms with Gasteiger partial charge in [-0.15, -0.1) is 0 Å². The highest BCUT2D eigenvalue weighted by Gasteiger charge is 2.51. The van der Waals surface area contributed by atoms with Crippen molar-refractivity contribution in [2.75, 3.05) is 13.9 Å². The summed E-state index contributed by atoms with van der Waals surface area (Å²) in [6, 6.07) is 13.2. The lowest BCUT2D eigenvalue weighted by Crippen LogP contribution is -2.23. The Morgan fingerprint density at radius 1 is 1.00 bits per heavy atom. The zero-order chi connectivity index (χ0) is 22.5. The molecule has 0 amide bonds. The second kappa shape index (κ2) is 7.62. The van der Waals surface area contributed by atoms with Crippen molar-refractivity contribution in [2.24, 2.45) is 0 Å². The van der Waals surface area contributed by atoms with Gasteiger partial charge < -0.3 is 14.2 Å². The molecular weight excluding hydrogens is 414 g/mol. The smallest absolute Gasteiger partial charge is 0.231 e. The number of halogens is 2. The highest BCUT2D eigenvalue weighted by atomic mass is 19.1. The molecule has 0 saturated heterocycles. The van der Waals surface area contributed by atoms with E-state index in [-0.39, 0.29) is 24.7 Å². The van der Waals surface area contributed by atoms with Gasteiger partial charge in [0.25, 0.3) is 0 Å². The van der Waals surface area contributed by atoms with Crippen molar-refractivity contribution in [1.82, 2.24) is 0 Å². The van der Waals surface area contributed by atoms with Gasteiger partial charge in [-0.2, -0.15) is 0 Å². The summed E-state index contributed by atoms with van der Waals surface area (Å²) in [7, 11) is 1.40. The summed E-state index contributed by atoms with van der Waals surface area (Å²) in [5.41, 5.74) is 2.51. The van der Waals surface area contributed by atoms with E-state index in [1.165, 1.54) is 25.3 Å². The van der Waals surface area contributed by atoms with Crippen LogP contribution in [0.5, 0.6) is 17.2 Å². The molecule has 1 aliphatic carbocycles. The van der Waals surface area contributed by atoms with Crippen LogP contribution in [0.1, 0.15) is 29.5 Å². The number of fused-ring (bicyclic) bond motifs is 1. The van der Waals surface area contributed by atoms with Crippen LogP contribution in [-0.4, -0.2) is 19.7 Å². The van der Waals surface area contributed by atoms with Gasteiger partial charge in [0.05, 0.1) is 12.5 Å². The van der Waals surface area contributed by atoms with Gasteiger partial charge in [0.15, 0.2) is 23.1 Å². The standard InChI is InChI=1S/C26H22F2O4/c1-15-9-20(27)17(10-19(15)16-3-5-22(30-2)21(28)11-16)12-25(29)26(7-8-26)18-4-6-23-24(13-18)32-14-31-23/h3-6,9-11,13H,7-8,12,14H2,1-2H3. The first-order valence-electron chi connectivity index (χ1n) is 10.5. The summed E-state index contributed by atoms with van der Waals surface area (Å²) in [4.78, 5) is 13.3. The quantitative estimate of drug-likeness (QED) is 0.510. The third kappa shape index (κ3) is 3.40. The predicted molar refractivity (Wildman–Crippen MR) is 115 cm³/mol. The van der Waals surface area contributed by atoms with Crippen LogP contribution < -0.4 is 14.2 Å². The number of methoxy groups -OCH3 is 1. The van der Waals surface area contributed by atoms with Crippen LogP contribution >= 0.6 is 0 Å². The minimum absolute atomic E-state index is 0.0355.